The molecular formula is C22H28FN3O5. The Bertz CT molecular complexity index is 864. The molecule has 31 heavy (non-hydrogen) atoms. The van der Waals surface area contributed by atoms with Gasteiger partial charge < -0.3 is 23.6 Å². The number of carbonyl (C=O) groups is 1. The topological polar surface area (TPSA) is 86.9 Å². The van der Waals surface area contributed by atoms with Crippen molar-refractivity contribution in [2.45, 2.75) is 44.3 Å². The van der Waals surface area contributed by atoms with E-state index in [-0.39, 0.29) is 23.9 Å². The summed E-state index contributed by atoms with van der Waals surface area (Å²) < 4.78 is 34.9. The second-order valence-electron chi connectivity index (χ2n) is 8.26. The van der Waals surface area contributed by atoms with Crippen molar-refractivity contribution in [3.05, 3.63) is 41.8 Å². The molecule has 2 saturated heterocycles. The first-order valence-corrected chi connectivity index (χ1v) is 10.7. The van der Waals surface area contributed by atoms with Crippen LogP contribution in [-0.2, 0) is 27.3 Å². The van der Waals surface area contributed by atoms with Crippen LogP contribution in [0.4, 0.5) is 4.39 Å². The second kappa shape index (κ2) is 9.74. The molecule has 0 N–H and O–H groups in total. The lowest BCUT2D eigenvalue weighted by Gasteiger charge is -2.46. The Hall–Kier alpha value is -2.52. The highest BCUT2D eigenvalue weighted by molar-refractivity contribution is 5.77. The van der Waals surface area contributed by atoms with Crippen LogP contribution < -0.4 is 4.74 Å². The van der Waals surface area contributed by atoms with E-state index in [1.807, 2.05) is 4.90 Å². The fourth-order valence-corrected chi connectivity index (χ4v) is 4.40. The molecular weight excluding hydrogens is 405 g/mol. The molecule has 2 fully saturated rings. The number of benzene rings is 1. The molecule has 1 amide bonds. The van der Waals surface area contributed by atoms with Gasteiger partial charge in [0.05, 0.1) is 5.60 Å². The molecule has 168 valence electrons. The molecule has 0 saturated carbocycles. The van der Waals surface area contributed by atoms with Crippen LogP contribution in [0.3, 0.4) is 0 Å². The number of halogens is 1. The summed E-state index contributed by atoms with van der Waals surface area (Å²) >= 11 is 0. The third kappa shape index (κ3) is 5.59. The monoisotopic (exact) mass is 433 g/mol. The van der Waals surface area contributed by atoms with Crippen LogP contribution in [0.2, 0.25) is 0 Å². The average Bonchev–Trinajstić information content (AvgIpc) is 3.21. The van der Waals surface area contributed by atoms with Crippen molar-refractivity contribution in [2.24, 2.45) is 5.92 Å². The fourth-order valence-electron chi connectivity index (χ4n) is 4.40. The van der Waals surface area contributed by atoms with Gasteiger partial charge in [-0.05, 0) is 55.9 Å². The summed E-state index contributed by atoms with van der Waals surface area (Å²) in [6.45, 7) is 2.25. The summed E-state index contributed by atoms with van der Waals surface area (Å²) in [5.74, 6) is 1.71. The van der Waals surface area contributed by atoms with Gasteiger partial charge in [-0.2, -0.15) is 4.98 Å². The number of piperidine rings is 1. The molecule has 0 aliphatic carbocycles. The number of likely N-dealkylation sites (tertiary alicyclic amines) is 1. The van der Waals surface area contributed by atoms with Crippen LogP contribution in [0.5, 0.6) is 5.75 Å². The highest BCUT2D eigenvalue weighted by atomic mass is 19.1. The van der Waals surface area contributed by atoms with Crippen LogP contribution in [0.25, 0.3) is 0 Å². The summed E-state index contributed by atoms with van der Waals surface area (Å²) in [6.07, 6.45) is 4.24. The van der Waals surface area contributed by atoms with Crippen LogP contribution in [0.1, 0.15) is 37.4 Å². The molecule has 2 aliphatic heterocycles. The normalized spacial score (nSPS) is 20.7. The zero-order chi connectivity index (χ0) is 21.7. The smallest absolute Gasteiger partial charge is 0.260 e. The number of ether oxygens (including phenoxy) is 3. The molecule has 2 aromatic rings. The van der Waals surface area contributed by atoms with Crippen LogP contribution in [-0.4, -0.2) is 60.0 Å². The van der Waals surface area contributed by atoms with Crippen molar-refractivity contribution in [2.75, 3.05) is 33.4 Å². The predicted molar refractivity (Wildman–Crippen MR) is 108 cm³/mol. The highest BCUT2D eigenvalue weighted by Gasteiger charge is 2.41. The molecule has 1 unspecified atom stereocenters. The zero-order valence-electron chi connectivity index (χ0n) is 17.7. The summed E-state index contributed by atoms with van der Waals surface area (Å²) in [6, 6.07) is 5.67. The van der Waals surface area contributed by atoms with Crippen molar-refractivity contribution < 1.29 is 27.9 Å². The van der Waals surface area contributed by atoms with Gasteiger partial charge in [-0.1, -0.05) is 5.16 Å². The third-order valence-electron chi connectivity index (χ3n) is 6.05. The number of carbonyl (C=O) groups excluding carboxylic acids is 1. The highest BCUT2D eigenvalue weighted by Crippen LogP contribution is 2.38. The van der Waals surface area contributed by atoms with Gasteiger partial charge in [-0.15, -0.1) is 0 Å². The number of amides is 1. The number of hydrogen-bond acceptors (Lipinski definition) is 7. The zero-order valence-corrected chi connectivity index (χ0v) is 17.7. The van der Waals surface area contributed by atoms with Crippen molar-refractivity contribution >= 4 is 5.91 Å². The van der Waals surface area contributed by atoms with Crippen molar-refractivity contribution in [3.63, 3.8) is 0 Å². The second-order valence-corrected chi connectivity index (χ2v) is 8.26. The Morgan fingerprint density at radius 1 is 1.29 bits per heavy atom. The lowest BCUT2D eigenvalue weighted by Crippen LogP contribution is -2.51. The van der Waals surface area contributed by atoms with Gasteiger partial charge in [0.25, 0.3) is 11.8 Å². The van der Waals surface area contributed by atoms with Gasteiger partial charge in [0.15, 0.2) is 12.4 Å². The van der Waals surface area contributed by atoms with E-state index in [9.17, 15) is 9.18 Å². The minimum absolute atomic E-state index is 0.0518. The number of nitrogens with zero attached hydrogens (tertiary/aromatic N) is 3. The van der Waals surface area contributed by atoms with E-state index < -0.39 is 0 Å². The van der Waals surface area contributed by atoms with E-state index in [2.05, 4.69) is 10.1 Å². The third-order valence-corrected chi connectivity index (χ3v) is 6.05. The molecule has 0 radical (unpaired) electrons. The van der Waals surface area contributed by atoms with Crippen molar-refractivity contribution in [1.29, 1.82) is 0 Å². The summed E-state index contributed by atoms with van der Waals surface area (Å²) in [7, 11) is 1.60. The van der Waals surface area contributed by atoms with Gasteiger partial charge in [0.1, 0.15) is 18.2 Å². The number of aromatic nitrogens is 2. The first kappa shape index (κ1) is 21.7. The Balaban J connectivity index is 1.25. The van der Waals surface area contributed by atoms with Crippen LogP contribution >= 0.6 is 0 Å². The molecule has 1 aromatic carbocycles. The standard InChI is InChI=1S/C22H28FN3O5/c1-28-14-20-24-19(25-31-20)12-16-6-11-30-22(13-16)7-9-26(10-8-22)21(27)15-29-18-4-2-17(23)3-5-18/h2-5,16H,6-15H2,1H3. The molecule has 1 atom stereocenters. The van der Waals surface area contributed by atoms with Crippen molar-refractivity contribution in [3.8, 4) is 5.75 Å². The Morgan fingerprint density at radius 2 is 2.06 bits per heavy atom. The molecule has 8 nitrogen and oxygen atoms in total. The lowest BCUT2D eigenvalue weighted by molar-refractivity contribution is -0.148. The Kier molecular flexibility index (Phi) is 6.82. The van der Waals surface area contributed by atoms with E-state index in [4.69, 9.17) is 18.7 Å². The van der Waals surface area contributed by atoms with Crippen molar-refractivity contribution in [1.82, 2.24) is 15.0 Å². The van der Waals surface area contributed by atoms with Crippen LogP contribution in [0.15, 0.2) is 28.8 Å². The van der Waals surface area contributed by atoms with E-state index in [1.165, 1.54) is 24.3 Å². The maximum Gasteiger partial charge on any atom is 0.260 e. The molecule has 4 rings (SSSR count). The summed E-state index contributed by atoms with van der Waals surface area (Å²) in [5.41, 5.74) is -0.198. The number of methoxy groups -OCH3 is 1. The van der Waals surface area contributed by atoms with Gasteiger partial charge in [-0.3, -0.25) is 4.79 Å². The van der Waals surface area contributed by atoms with Gasteiger partial charge in [0.2, 0.25) is 0 Å². The molecule has 9 heteroatoms. The van der Waals surface area contributed by atoms with Gasteiger partial charge in [-0.25, -0.2) is 4.39 Å². The van der Waals surface area contributed by atoms with Crippen LogP contribution in [0, 0.1) is 11.7 Å². The minimum Gasteiger partial charge on any atom is -0.484 e. The molecule has 1 aromatic heterocycles. The number of rotatable bonds is 7. The Morgan fingerprint density at radius 3 is 2.81 bits per heavy atom. The maximum absolute atomic E-state index is 13.0. The Labute approximate surface area is 180 Å². The van der Waals surface area contributed by atoms with E-state index in [0.717, 1.165) is 32.1 Å². The van der Waals surface area contributed by atoms with E-state index >= 15 is 0 Å². The molecule has 2 aliphatic rings. The first-order valence-electron chi connectivity index (χ1n) is 10.7. The first-order chi connectivity index (χ1) is 15.0. The molecule has 1 spiro atoms. The summed E-state index contributed by atoms with van der Waals surface area (Å²) in [4.78, 5) is 18.7. The van der Waals surface area contributed by atoms with E-state index in [1.54, 1.807) is 7.11 Å². The predicted octanol–water partition coefficient (Wildman–Crippen LogP) is 2.76. The van der Waals surface area contributed by atoms with Gasteiger partial charge >= 0.3 is 0 Å². The summed E-state index contributed by atoms with van der Waals surface area (Å²) in [5, 5.41) is 4.05. The largest absolute Gasteiger partial charge is 0.484 e. The van der Waals surface area contributed by atoms with E-state index in [0.29, 0.717) is 49.7 Å². The average molecular weight is 433 g/mol. The number of hydrogen-bond donors (Lipinski definition) is 0. The maximum atomic E-state index is 13.0. The molecule has 0 bridgehead atoms. The SMILES string of the molecule is COCc1nc(CC2CCOC3(CCN(C(=O)COc4ccc(F)cc4)CC3)C2)no1. The quantitative estimate of drug-likeness (QED) is 0.664. The van der Waals surface area contributed by atoms with Gasteiger partial charge in [0, 0.05) is 33.2 Å². The lowest BCUT2D eigenvalue weighted by atomic mass is 9.78. The molecule has 3 heterocycles. The fraction of sp³-hybridized carbons (Fsp3) is 0.591. The minimum atomic E-state index is -0.333.